The van der Waals surface area contributed by atoms with Crippen LogP contribution in [0.2, 0.25) is 0 Å². The van der Waals surface area contributed by atoms with Gasteiger partial charge in [0.25, 0.3) is 0 Å². The fourth-order valence-corrected chi connectivity index (χ4v) is 2.95. The van der Waals surface area contributed by atoms with Crippen LogP contribution in [0.5, 0.6) is 5.75 Å². The van der Waals surface area contributed by atoms with E-state index in [9.17, 15) is 4.39 Å². The Morgan fingerprint density at radius 3 is 2.71 bits per heavy atom. The molecule has 3 atom stereocenters. The second-order valence-corrected chi connectivity index (χ2v) is 5.45. The molecule has 1 aromatic rings. The summed E-state index contributed by atoms with van der Waals surface area (Å²) >= 11 is 6.21. The molecule has 17 heavy (non-hydrogen) atoms. The number of hydrogen-bond donors (Lipinski definition) is 0. The standard InChI is InChI=1S/C14H18ClFO/c1-9-11(4-5-12(9)15)7-10-3-6-14(17-2)13(16)8-10/h3,6,8-9,11-12H,4-5,7H2,1-2H3. The van der Waals surface area contributed by atoms with Crippen molar-refractivity contribution in [3.8, 4) is 5.75 Å². The largest absolute Gasteiger partial charge is 0.494 e. The molecule has 0 aromatic heterocycles. The minimum Gasteiger partial charge on any atom is -0.494 e. The summed E-state index contributed by atoms with van der Waals surface area (Å²) in [6.07, 6.45) is 3.13. The van der Waals surface area contributed by atoms with Crippen LogP contribution in [0.3, 0.4) is 0 Å². The van der Waals surface area contributed by atoms with Crippen LogP contribution in [-0.2, 0) is 6.42 Å². The zero-order valence-electron chi connectivity index (χ0n) is 10.2. The Morgan fingerprint density at radius 1 is 1.41 bits per heavy atom. The fraction of sp³-hybridized carbons (Fsp3) is 0.571. The van der Waals surface area contributed by atoms with Gasteiger partial charge in [0.05, 0.1) is 7.11 Å². The molecule has 0 heterocycles. The van der Waals surface area contributed by atoms with E-state index in [2.05, 4.69) is 6.92 Å². The van der Waals surface area contributed by atoms with Crippen molar-refractivity contribution in [1.29, 1.82) is 0 Å². The first-order valence-corrected chi connectivity index (χ1v) is 6.52. The Kier molecular flexibility index (Phi) is 3.93. The second-order valence-electron chi connectivity index (χ2n) is 4.89. The van der Waals surface area contributed by atoms with Crippen molar-refractivity contribution < 1.29 is 9.13 Å². The first-order chi connectivity index (χ1) is 8.11. The van der Waals surface area contributed by atoms with Gasteiger partial charge in [-0.3, -0.25) is 0 Å². The lowest BCUT2D eigenvalue weighted by Gasteiger charge is -2.17. The van der Waals surface area contributed by atoms with E-state index in [0.29, 0.717) is 17.6 Å². The molecule has 2 rings (SSSR count). The number of methoxy groups -OCH3 is 1. The van der Waals surface area contributed by atoms with Crippen molar-refractivity contribution in [2.45, 2.75) is 31.6 Å². The highest BCUT2D eigenvalue weighted by Crippen LogP contribution is 2.37. The van der Waals surface area contributed by atoms with Gasteiger partial charge in [-0.2, -0.15) is 0 Å². The molecule has 0 N–H and O–H groups in total. The van der Waals surface area contributed by atoms with Crippen LogP contribution < -0.4 is 4.74 Å². The Bertz CT molecular complexity index is 394. The summed E-state index contributed by atoms with van der Waals surface area (Å²) < 4.78 is 18.5. The third-order valence-corrected chi connectivity index (χ3v) is 4.46. The van der Waals surface area contributed by atoms with Crippen LogP contribution in [0.25, 0.3) is 0 Å². The maximum absolute atomic E-state index is 13.5. The van der Waals surface area contributed by atoms with Gasteiger partial charge in [-0.1, -0.05) is 13.0 Å². The Hall–Kier alpha value is -0.760. The van der Waals surface area contributed by atoms with Gasteiger partial charge in [0.15, 0.2) is 11.6 Å². The van der Waals surface area contributed by atoms with E-state index in [1.54, 1.807) is 12.1 Å². The molecule has 1 aliphatic carbocycles. The molecule has 0 spiro atoms. The molecule has 1 fully saturated rings. The highest BCUT2D eigenvalue weighted by molar-refractivity contribution is 6.20. The van der Waals surface area contributed by atoms with Crippen LogP contribution in [0.4, 0.5) is 4.39 Å². The average Bonchev–Trinajstić information content (AvgIpc) is 2.61. The van der Waals surface area contributed by atoms with Crippen molar-refractivity contribution in [1.82, 2.24) is 0 Å². The molecule has 0 bridgehead atoms. The topological polar surface area (TPSA) is 9.23 Å². The van der Waals surface area contributed by atoms with Crippen molar-refractivity contribution in [3.63, 3.8) is 0 Å². The molecular formula is C14H18ClFO. The summed E-state index contributed by atoms with van der Waals surface area (Å²) in [5.74, 6) is 1.12. The molecule has 1 nitrogen and oxygen atoms in total. The summed E-state index contributed by atoms with van der Waals surface area (Å²) in [5.41, 5.74) is 1.03. The van der Waals surface area contributed by atoms with E-state index >= 15 is 0 Å². The maximum atomic E-state index is 13.5. The number of rotatable bonds is 3. The van der Waals surface area contributed by atoms with E-state index < -0.39 is 0 Å². The SMILES string of the molecule is COc1ccc(CC2CCC(Cl)C2C)cc1F. The lowest BCUT2D eigenvalue weighted by molar-refractivity contribution is 0.384. The van der Waals surface area contributed by atoms with Crippen LogP contribution in [-0.4, -0.2) is 12.5 Å². The quantitative estimate of drug-likeness (QED) is 0.742. The third kappa shape index (κ3) is 2.74. The summed E-state index contributed by atoms with van der Waals surface area (Å²) in [7, 11) is 1.48. The van der Waals surface area contributed by atoms with Gasteiger partial charge >= 0.3 is 0 Å². The predicted molar refractivity (Wildman–Crippen MR) is 68.2 cm³/mol. The van der Waals surface area contributed by atoms with E-state index in [4.69, 9.17) is 16.3 Å². The highest BCUT2D eigenvalue weighted by Gasteiger charge is 2.31. The Morgan fingerprint density at radius 2 is 2.18 bits per heavy atom. The van der Waals surface area contributed by atoms with Gasteiger partial charge in [-0.25, -0.2) is 4.39 Å². The van der Waals surface area contributed by atoms with Gasteiger partial charge in [0.2, 0.25) is 0 Å². The van der Waals surface area contributed by atoms with Gasteiger partial charge in [-0.05, 0) is 48.8 Å². The predicted octanol–water partition coefficient (Wildman–Crippen LogP) is 4.03. The van der Waals surface area contributed by atoms with Crippen molar-refractivity contribution in [2.24, 2.45) is 11.8 Å². The lowest BCUT2D eigenvalue weighted by atomic mass is 9.91. The zero-order chi connectivity index (χ0) is 12.4. The maximum Gasteiger partial charge on any atom is 0.165 e. The van der Waals surface area contributed by atoms with Crippen LogP contribution in [0.1, 0.15) is 25.3 Å². The van der Waals surface area contributed by atoms with E-state index in [1.807, 2.05) is 6.07 Å². The Balaban J connectivity index is 2.06. The van der Waals surface area contributed by atoms with Crippen LogP contribution in [0, 0.1) is 17.7 Å². The fourth-order valence-electron chi connectivity index (χ4n) is 2.62. The van der Waals surface area contributed by atoms with E-state index in [-0.39, 0.29) is 11.2 Å². The van der Waals surface area contributed by atoms with Gasteiger partial charge < -0.3 is 4.74 Å². The van der Waals surface area contributed by atoms with Crippen molar-refractivity contribution in [2.75, 3.05) is 7.11 Å². The number of ether oxygens (including phenoxy) is 1. The van der Waals surface area contributed by atoms with Crippen molar-refractivity contribution >= 4 is 11.6 Å². The molecule has 0 aliphatic heterocycles. The number of alkyl halides is 1. The summed E-state index contributed by atoms with van der Waals surface area (Å²) in [6, 6.07) is 5.21. The third-order valence-electron chi connectivity index (χ3n) is 3.84. The molecule has 0 radical (unpaired) electrons. The summed E-state index contributed by atoms with van der Waals surface area (Å²) in [6.45, 7) is 2.19. The van der Waals surface area contributed by atoms with E-state index in [0.717, 1.165) is 24.8 Å². The zero-order valence-corrected chi connectivity index (χ0v) is 11.0. The minimum atomic E-state index is -0.280. The molecule has 0 saturated heterocycles. The second kappa shape index (κ2) is 5.26. The minimum absolute atomic E-state index is 0.280. The summed E-state index contributed by atoms with van der Waals surface area (Å²) in [5, 5.41) is 0.281. The smallest absolute Gasteiger partial charge is 0.165 e. The van der Waals surface area contributed by atoms with Gasteiger partial charge in [-0.15, -0.1) is 11.6 Å². The molecule has 3 unspecified atom stereocenters. The van der Waals surface area contributed by atoms with Crippen LogP contribution in [0.15, 0.2) is 18.2 Å². The highest BCUT2D eigenvalue weighted by atomic mass is 35.5. The normalized spacial score (nSPS) is 28.4. The number of benzene rings is 1. The first kappa shape index (κ1) is 12.7. The first-order valence-electron chi connectivity index (χ1n) is 6.08. The molecule has 0 amide bonds. The summed E-state index contributed by atoms with van der Waals surface area (Å²) in [4.78, 5) is 0. The van der Waals surface area contributed by atoms with E-state index in [1.165, 1.54) is 7.11 Å². The molecule has 1 saturated carbocycles. The van der Waals surface area contributed by atoms with Crippen LogP contribution >= 0.6 is 11.6 Å². The molecule has 94 valence electrons. The monoisotopic (exact) mass is 256 g/mol. The lowest BCUT2D eigenvalue weighted by Crippen LogP contribution is -2.13. The average molecular weight is 257 g/mol. The Labute approximate surface area is 107 Å². The molecule has 1 aliphatic rings. The van der Waals surface area contributed by atoms with Gasteiger partial charge in [0.1, 0.15) is 0 Å². The molecule has 1 aromatic carbocycles. The van der Waals surface area contributed by atoms with Gasteiger partial charge in [0, 0.05) is 5.38 Å². The van der Waals surface area contributed by atoms with Crippen molar-refractivity contribution in [3.05, 3.63) is 29.6 Å². The molecule has 3 heteroatoms. The number of halogens is 2. The number of hydrogen-bond acceptors (Lipinski definition) is 1. The molecular weight excluding hydrogens is 239 g/mol.